The van der Waals surface area contributed by atoms with Crippen LogP contribution in [0.15, 0.2) is 46.9 Å². The molecule has 1 aliphatic carbocycles. The highest BCUT2D eigenvalue weighted by Gasteiger charge is 2.21. The maximum atomic E-state index is 13.3. The summed E-state index contributed by atoms with van der Waals surface area (Å²) in [5.74, 6) is 6.17. The summed E-state index contributed by atoms with van der Waals surface area (Å²) in [7, 11) is 0. The van der Waals surface area contributed by atoms with E-state index in [4.69, 9.17) is 5.84 Å². The molecule has 2 aromatic rings. The molecule has 0 heterocycles. The Morgan fingerprint density at radius 3 is 2.62 bits per heavy atom. The van der Waals surface area contributed by atoms with Crippen molar-refractivity contribution >= 4 is 15.9 Å². The second-order valence-electron chi connectivity index (χ2n) is 5.56. The third kappa shape index (κ3) is 3.03. The molecule has 1 aliphatic rings. The fourth-order valence-electron chi connectivity index (χ4n) is 2.84. The Labute approximate surface area is 132 Å². The predicted octanol–water partition coefficient (Wildman–Crippen LogP) is 4.41. The number of nitrogens with one attached hydrogen (secondary N) is 1. The van der Waals surface area contributed by atoms with E-state index in [-0.39, 0.29) is 11.9 Å². The molecule has 0 bridgehead atoms. The van der Waals surface area contributed by atoms with Crippen molar-refractivity contribution in [3.63, 3.8) is 0 Å². The first kappa shape index (κ1) is 14.7. The molecule has 0 aliphatic heterocycles. The summed E-state index contributed by atoms with van der Waals surface area (Å²) in [5, 5.41) is 0. The van der Waals surface area contributed by atoms with E-state index in [0.717, 1.165) is 15.6 Å². The monoisotopic (exact) mass is 348 g/mol. The van der Waals surface area contributed by atoms with Gasteiger partial charge < -0.3 is 0 Å². The van der Waals surface area contributed by atoms with E-state index in [9.17, 15) is 4.39 Å². The van der Waals surface area contributed by atoms with Crippen molar-refractivity contribution in [3.05, 3.63) is 69.4 Å². The molecule has 0 spiro atoms. The lowest BCUT2D eigenvalue weighted by Crippen LogP contribution is -2.29. The summed E-state index contributed by atoms with van der Waals surface area (Å²) in [6.45, 7) is 0. The fourth-order valence-corrected chi connectivity index (χ4v) is 3.42. The van der Waals surface area contributed by atoms with Gasteiger partial charge in [0.05, 0.1) is 6.04 Å². The minimum atomic E-state index is -0.260. The maximum absolute atomic E-state index is 13.3. The molecular weight excluding hydrogens is 331 g/mol. The molecule has 0 amide bonds. The number of halogens is 2. The number of benzene rings is 2. The molecule has 2 nitrogen and oxygen atoms in total. The van der Waals surface area contributed by atoms with Gasteiger partial charge in [-0.3, -0.25) is 5.84 Å². The minimum absolute atomic E-state index is 0.153. The molecule has 0 aromatic heterocycles. The van der Waals surface area contributed by atoms with Crippen LogP contribution in [-0.2, 0) is 0 Å². The molecule has 3 N–H and O–H groups in total. The molecular formula is C17H18BrFN2. The Morgan fingerprint density at radius 1 is 1.19 bits per heavy atom. The summed E-state index contributed by atoms with van der Waals surface area (Å²) >= 11 is 3.42. The van der Waals surface area contributed by atoms with Crippen molar-refractivity contribution in [2.75, 3.05) is 0 Å². The zero-order valence-electron chi connectivity index (χ0n) is 11.7. The molecule has 110 valence electrons. The summed E-state index contributed by atoms with van der Waals surface area (Å²) in [5.41, 5.74) is 6.26. The normalized spacial score (nSPS) is 16.5. The highest BCUT2D eigenvalue weighted by atomic mass is 79.9. The number of rotatable bonds is 4. The molecule has 1 saturated carbocycles. The highest BCUT2D eigenvalue weighted by molar-refractivity contribution is 9.10. The smallest absolute Gasteiger partial charge is 0.124 e. The van der Waals surface area contributed by atoms with Crippen molar-refractivity contribution in [1.82, 2.24) is 5.43 Å². The quantitative estimate of drug-likeness (QED) is 0.634. The van der Waals surface area contributed by atoms with Crippen LogP contribution in [0, 0.1) is 5.82 Å². The van der Waals surface area contributed by atoms with Crippen LogP contribution >= 0.6 is 15.9 Å². The second-order valence-corrected chi connectivity index (χ2v) is 6.42. The molecule has 1 fully saturated rings. The third-order valence-corrected chi connectivity index (χ3v) is 4.95. The molecule has 0 saturated heterocycles. The van der Waals surface area contributed by atoms with Crippen molar-refractivity contribution in [1.29, 1.82) is 0 Å². The molecule has 21 heavy (non-hydrogen) atoms. The molecule has 3 rings (SSSR count). The van der Waals surface area contributed by atoms with Crippen LogP contribution in [0.25, 0.3) is 0 Å². The number of hydrazine groups is 1. The van der Waals surface area contributed by atoms with Crippen LogP contribution in [0.1, 0.15) is 47.9 Å². The highest BCUT2D eigenvalue weighted by Crippen LogP contribution is 2.38. The first-order valence-corrected chi connectivity index (χ1v) is 7.99. The fraction of sp³-hybridized carbons (Fsp3) is 0.294. The van der Waals surface area contributed by atoms with Crippen LogP contribution in [0.4, 0.5) is 4.39 Å². The maximum Gasteiger partial charge on any atom is 0.124 e. The molecule has 1 unspecified atom stereocenters. The number of nitrogens with two attached hydrogens (primary N) is 1. The third-order valence-electron chi connectivity index (χ3n) is 4.26. The van der Waals surface area contributed by atoms with Gasteiger partial charge in [-0.15, -0.1) is 0 Å². The predicted molar refractivity (Wildman–Crippen MR) is 86.3 cm³/mol. The zero-order chi connectivity index (χ0) is 14.8. The standard InChI is InChI=1S/C17H18BrFN2/c18-16-10-14(19)7-8-15(16)17(21-20)13-6-2-5-12(9-13)11-3-1-4-11/h2,5-11,17,21H,1,3-4,20H2. The van der Waals surface area contributed by atoms with Crippen LogP contribution in [0.5, 0.6) is 0 Å². The van der Waals surface area contributed by atoms with Gasteiger partial charge in [-0.25, -0.2) is 9.82 Å². The van der Waals surface area contributed by atoms with E-state index in [2.05, 4.69) is 45.6 Å². The summed E-state index contributed by atoms with van der Waals surface area (Å²) in [6.07, 6.45) is 3.85. The molecule has 2 aromatic carbocycles. The Hall–Kier alpha value is -1.23. The van der Waals surface area contributed by atoms with Gasteiger partial charge in [-0.1, -0.05) is 52.7 Å². The lowest BCUT2D eigenvalue weighted by atomic mass is 9.79. The second kappa shape index (κ2) is 6.26. The van der Waals surface area contributed by atoms with Crippen LogP contribution < -0.4 is 11.3 Å². The zero-order valence-corrected chi connectivity index (χ0v) is 13.2. The first-order chi connectivity index (χ1) is 10.2. The van der Waals surface area contributed by atoms with Gasteiger partial charge in [0.15, 0.2) is 0 Å². The van der Waals surface area contributed by atoms with Gasteiger partial charge >= 0.3 is 0 Å². The van der Waals surface area contributed by atoms with Gasteiger partial charge in [0.2, 0.25) is 0 Å². The van der Waals surface area contributed by atoms with Crippen molar-refractivity contribution in [2.24, 2.45) is 5.84 Å². The minimum Gasteiger partial charge on any atom is -0.271 e. The summed E-state index contributed by atoms with van der Waals surface area (Å²) in [4.78, 5) is 0. The van der Waals surface area contributed by atoms with Crippen molar-refractivity contribution < 1.29 is 4.39 Å². The first-order valence-electron chi connectivity index (χ1n) is 7.20. The van der Waals surface area contributed by atoms with E-state index in [1.165, 1.54) is 37.0 Å². The Morgan fingerprint density at radius 2 is 2.00 bits per heavy atom. The van der Waals surface area contributed by atoms with Crippen LogP contribution in [0.2, 0.25) is 0 Å². The van der Waals surface area contributed by atoms with Gasteiger partial charge in [-0.05, 0) is 47.6 Å². The van der Waals surface area contributed by atoms with Crippen LogP contribution in [-0.4, -0.2) is 0 Å². The summed E-state index contributed by atoms with van der Waals surface area (Å²) < 4.78 is 14.0. The average Bonchev–Trinajstić information content (AvgIpc) is 2.40. The molecule has 0 radical (unpaired) electrons. The van der Waals surface area contributed by atoms with E-state index in [1.807, 2.05) is 0 Å². The number of hydrogen-bond donors (Lipinski definition) is 2. The van der Waals surface area contributed by atoms with Gasteiger partial charge in [0.25, 0.3) is 0 Å². The topological polar surface area (TPSA) is 38.0 Å². The molecule has 4 heteroatoms. The van der Waals surface area contributed by atoms with E-state index >= 15 is 0 Å². The van der Waals surface area contributed by atoms with Crippen molar-refractivity contribution in [3.8, 4) is 0 Å². The lowest BCUT2D eigenvalue weighted by Gasteiger charge is -2.27. The van der Waals surface area contributed by atoms with E-state index in [1.54, 1.807) is 6.07 Å². The summed E-state index contributed by atoms with van der Waals surface area (Å²) in [6, 6.07) is 13.1. The van der Waals surface area contributed by atoms with Crippen LogP contribution in [0.3, 0.4) is 0 Å². The Kier molecular flexibility index (Phi) is 4.38. The SMILES string of the molecule is NNC(c1cccc(C2CCC2)c1)c1ccc(F)cc1Br. The van der Waals surface area contributed by atoms with Crippen molar-refractivity contribution in [2.45, 2.75) is 31.2 Å². The Bertz CT molecular complexity index is 640. The van der Waals surface area contributed by atoms with E-state index in [0.29, 0.717) is 5.92 Å². The van der Waals surface area contributed by atoms with Gasteiger partial charge in [0, 0.05) is 4.47 Å². The van der Waals surface area contributed by atoms with E-state index < -0.39 is 0 Å². The largest absolute Gasteiger partial charge is 0.271 e. The molecule has 1 atom stereocenters. The number of hydrogen-bond acceptors (Lipinski definition) is 2. The Balaban J connectivity index is 1.95. The lowest BCUT2D eigenvalue weighted by molar-refractivity contribution is 0.419. The average molecular weight is 349 g/mol. The van der Waals surface area contributed by atoms with Gasteiger partial charge in [-0.2, -0.15) is 0 Å². The van der Waals surface area contributed by atoms with Gasteiger partial charge in [0.1, 0.15) is 5.82 Å².